The van der Waals surface area contributed by atoms with Gasteiger partial charge in [0.2, 0.25) is 0 Å². The normalized spacial score (nSPS) is 17.7. The Hall–Kier alpha value is -0.840. The molecule has 3 nitrogen and oxygen atoms in total. The van der Waals surface area contributed by atoms with Gasteiger partial charge in [-0.3, -0.25) is 4.90 Å². The van der Waals surface area contributed by atoms with Gasteiger partial charge < -0.3 is 9.15 Å². The van der Waals surface area contributed by atoms with Gasteiger partial charge in [-0.25, -0.2) is 0 Å². The summed E-state index contributed by atoms with van der Waals surface area (Å²) in [6.07, 6.45) is 0. The van der Waals surface area contributed by atoms with Crippen molar-refractivity contribution in [1.29, 1.82) is 0 Å². The molecule has 0 saturated carbocycles. The molecule has 0 atom stereocenters. The number of nitrogens with zero attached hydrogens (tertiary/aromatic N) is 1. The van der Waals surface area contributed by atoms with Crippen molar-refractivity contribution in [3.63, 3.8) is 0 Å². The molecule has 0 bridgehead atoms. The lowest BCUT2D eigenvalue weighted by Gasteiger charge is -2.25. The van der Waals surface area contributed by atoms with Gasteiger partial charge >= 0.3 is 0 Å². The molecule has 1 aliphatic rings. The van der Waals surface area contributed by atoms with E-state index in [4.69, 9.17) is 9.15 Å². The van der Waals surface area contributed by atoms with E-state index in [0.29, 0.717) is 0 Å². The van der Waals surface area contributed by atoms with E-state index in [1.807, 2.05) is 12.1 Å². The average molecular weight is 296 g/mol. The van der Waals surface area contributed by atoms with Crippen LogP contribution in [0.2, 0.25) is 0 Å². The van der Waals surface area contributed by atoms with Crippen molar-refractivity contribution in [2.24, 2.45) is 0 Å². The zero-order valence-corrected chi connectivity index (χ0v) is 11.1. The van der Waals surface area contributed by atoms with Gasteiger partial charge in [0.25, 0.3) is 0 Å². The highest BCUT2D eigenvalue weighted by Gasteiger charge is 2.13. The Morgan fingerprint density at radius 1 is 1.18 bits per heavy atom. The number of hydrogen-bond donors (Lipinski definition) is 0. The smallest absolute Gasteiger partial charge is 0.134 e. The molecule has 1 saturated heterocycles. The Bertz CT molecular complexity index is 517. The highest BCUT2D eigenvalue weighted by molar-refractivity contribution is 9.10. The Balaban J connectivity index is 1.80. The topological polar surface area (TPSA) is 25.6 Å². The minimum atomic E-state index is 0.825. The molecule has 2 heterocycles. The number of fused-ring (bicyclic) bond motifs is 1. The zero-order valence-electron chi connectivity index (χ0n) is 9.49. The van der Waals surface area contributed by atoms with Crippen LogP contribution in [0.3, 0.4) is 0 Å². The first-order chi connectivity index (χ1) is 8.31. The summed E-state index contributed by atoms with van der Waals surface area (Å²) in [6, 6.07) is 8.21. The van der Waals surface area contributed by atoms with E-state index in [0.717, 1.165) is 54.1 Å². The van der Waals surface area contributed by atoms with Gasteiger partial charge in [-0.05, 0) is 24.3 Å². The first-order valence-electron chi connectivity index (χ1n) is 5.79. The van der Waals surface area contributed by atoms with Crippen molar-refractivity contribution < 1.29 is 9.15 Å². The van der Waals surface area contributed by atoms with Gasteiger partial charge in [0, 0.05) is 22.9 Å². The fourth-order valence-electron chi connectivity index (χ4n) is 2.13. The lowest BCUT2D eigenvalue weighted by Crippen LogP contribution is -2.35. The molecule has 1 aromatic carbocycles. The third-order valence-corrected chi connectivity index (χ3v) is 3.51. The zero-order chi connectivity index (χ0) is 11.7. The van der Waals surface area contributed by atoms with Crippen LogP contribution in [0.25, 0.3) is 11.0 Å². The second kappa shape index (κ2) is 4.80. The SMILES string of the molecule is Brc1ccc2oc(CN3CCOCC3)cc2c1. The molecule has 1 fully saturated rings. The molecule has 1 aliphatic heterocycles. The Morgan fingerprint density at radius 3 is 2.82 bits per heavy atom. The second-order valence-corrected chi connectivity index (χ2v) is 5.20. The molecule has 90 valence electrons. The fraction of sp³-hybridized carbons (Fsp3) is 0.385. The highest BCUT2D eigenvalue weighted by atomic mass is 79.9. The van der Waals surface area contributed by atoms with Crippen LogP contribution in [-0.4, -0.2) is 31.2 Å². The van der Waals surface area contributed by atoms with Crippen LogP contribution in [0, 0.1) is 0 Å². The summed E-state index contributed by atoms with van der Waals surface area (Å²) in [4.78, 5) is 2.36. The maximum Gasteiger partial charge on any atom is 0.134 e. The largest absolute Gasteiger partial charge is 0.460 e. The summed E-state index contributed by atoms with van der Waals surface area (Å²) in [6.45, 7) is 4.49. The molecule has 2 aromatic rings. The Morgan fingerprint density at radius 2 is 2.00 bits per heavy atom. The summed E-state index contributed by atoms with van der Waals surface area (Å²) in [7, 11) is 0. The van der Waals surface area contributed by atoms with E-state index in [-0.39, 0.29) is 0 Å². The van der Waals surface area contributed by atoms with E-state index < -0.39 is 0 Å². The van der Waals surface area contributed by atoms with Gasteiger partial charge in [0.05, 0.1) is 19.8 Å². The third-order valence-electron chi connectivity index (χ3n) is 3.01. The van der Waals surface area contributed by atoms with Crippen molar-refractivity contribution >= 4 is 26.9 Å². The van der Waals surface area contributed by atoms with Crippen LogP contribution in [0.4, 0.5) is 0 Å². The van der Waals surface area contributed by atoms with E-state index in [1.165, 1.54) is 0 Å². The van der Waals surface area contributed by atoms with Crippen LogP contribution < -0.4 is 0 Å². The quantitative estimate of drug-likeness (QED) is 0.852. The maximum absolute atomic E-state index is 5.82. The van der Waals surface area contributed by atoms with Gasteiger partial charge in [-0.1, -0.05) is 15.9 Å². The van der Waals surface area contributed by atoms with Crippen molar-refractivity contribution in [2.75, 3.05) is 26.3 Å². The van der Waals surface area contributed by atoms with Crippen molar-refractivity contribution in [3.05, 3.63) is 34.5 Å². The van der Waals surface area contributed by atoms with Crippen LogP contribution in [-0.2, 0) is 11.3 Å². The van der Waals surface area contributed by atoms with Crippen molar-refractivity contribution in [3.8, 4) is 0 Å². The summed E-state index contributed by atoms with van der Waals surface area (Å²) in [5, 5.41) is 1.16. The molecule has 4 heteroatoms. The predicted octanol–water partition coefficient (Wildman–Crippen LogP) is 3.03. The molecule has 1 aromatic heterocycles. The molecule has 17 heavy (non-hydrogen) atoms. The van der Waals surface area contributed by atoms with Gasteiger partial charge in [0.1, 0.15) is 11.3 Å². The van der Waals surface area contributed by atoms with Crippen LogP contribution in [0.5, 0.6) is 0 Å². The summed E-state index contributed by atoms with van der Waals surface area (Å²) < 4.78 is 12.2. The highest BCUT2D eigenvalue weighted by Crippen LogP contribution is 2.24. The molecular formula is C13H14BrNO2. The number of hydrogen-bond acceptors (Lipinski definition) is 3. The summed E-state index contributed by atoms with van der Waals surface area (Å²) in [5.74, 6) is 1.03. The first-order valence-corrected chi connectivity index (χ1v) is 6.59. The van der Waals surface area contributed by atoms with Crippen molar-refractivity contribution in [1.82, 2.24) is 4.90 Å². The molecular weight excluding hydrogens is 282 g/mol. The number of furan rings is 1. The van der Waals surface area contributed by atoms with Gasteiger partial charge in [0.15, 0.2) is 0 Å². The van der Waals surface area contributed by atoms with E-state index >= 15 is 0 Å². The maximum atomic E-state index is 5.82. The number of morpholine rings is 1. The standard InChI is InChI=1S/C13H14BrNO2/c14-11-1-2-13-10(7-11)8-12(17-13)9-15-3-5-16-6-4-15/h1-2,7-8H,3-6,9H2. The van der Waals surface area contributed by atoms with Crippen LogP contribution >= 0.6 is 15.9 Å². The van der Waals surface area contributed by atoms with E-state index in [9.17, 15) is 0 Å². The second-order valence-electron chi connectivity index (χ2n) is 4.28. The molecule has 0 aliphatic carbocycles. The van der Waals surface area contributed by atoms with E-state index in [1.54, 1.807) is 0 Å². The monoisotopic (exact) mass is 295 g/mol. The first kappa shape index (κ1) is 11.3. The molecule has 3 rings (SSSR count). The van der Waals surface area contributed by atoms with Gasteiger partial charge in [-0.15, -0.1) is 0 Å². The number of benzene rings is 1. The Labute approximate surface area is 108 Å². The number of rotatable bonds is 2. The van der Waals surface area contributed by atoms with Crippen LogP contribution in [0.15, 0.2) is 33.2 Å². The molecule has 0 amide bonds. The summed E-state index contributed by atoms with van der Waals surface area (Å²) in [5.41, 5.74) is 0.955. The minimum absolute atomic E-state index is 0.825. The molecule has 0 unspecified atom stereocenters. The fourth-order valence-corrected chi connectivity index (χ4v) is 2.51. The number of ether oxygens (including phenoxy) is 1. The van der Waals surface area contributed by atoms with Crippen molar-refractivity contribution in [2.45, 2.75) is 6.54 Å². The minimum Gasteiger partial charge on any atom is -0.460 e. The summed E-state index contributed by atoms with van der Waals surface area (Å²) >= 11 is 3.47. The predicted molar refractivity (Wildman–Crippen MR) is 70.0 cm³/mol. The van der Waals surface area contributed by atoms with Crippen LogP contribution in [0.1, 0.15) is 5.76 Å². The lowest BCUT2D eigenvalue weighted by atomic mass is 10.2. The average Bonchev–Trinajstić information content (AvgIpc) is 2.71. The van der Waals surface area contributed by atoms with E-state index in [2.05, 4.69) is 33.0 Å². The molecule has 0 radical (unpaired) electrons. The Kier molecular flexibility index (Phi) is 3.18. The number of halogens is 1. The third kappa shape index (κ3) is 2.54. The molecule has 0 N–H and O–H groups in total. The van der Waals surface area contributed by atoms with Gasteiger partial charge in [-0.2, -0.15) is 0 Å². The lowest BCUT2D eigenvalue weighted by molar-refractivity contribution is 0.0315. The molecule has 0 spiro atoms.